The number of ether oxygens (including phenoxy) is 3. The van der Waals surface area contributed by atoms with Gasteiger partial charge in [-0.25, -0.2) is 15.0 Å². The zero-order chi connectivity index (χ0) is 33.0. The number of pyridine rings is 1. The highest BCUT2D eigenvalue weighted by molar-refractivity contribution is 6.38. The van der Waals surface area contributed by atoms with E-state index in [0.29, 0.717) is 24.8 Å². The van der Waals surface area contributed by atoms with E-state index in [1.807, 2.05) is 36.4 Å². The summed E-state index contributed by atoms with van der Waals surface area (Å²) in [7, 11) is 3.30. The first kappa shape index (κ1) is 33.0. The summed E-state index contributed by atoms with van der Waals surface area (Å²) in [6.45, 7) is 5.59. The predicted octanol–water partition coefficient (Wildman–Crippen LogP) is 6.37. The number of benzene rings is 2. The Morgan fingerprint density at radius 1 is 1.02 bits per heavy atom. The van der Waals surface area contributed by atoms with Gasteiger partial charge in [0.1, 0.15) is 28.8 Å². The molecule has 0 bridgehead atoms. The molecule has 0 amide bonds. The first-order valence-electron chi connectivity index (χ1n) is 15.6. The molecule has 2 aliphatic heterocycles. The molecule has 10 nitrogen and oxygen atoms in total. The van der Waals surface area contributed by atoms with Gasteiger partial charge < -0.3 is 29.7 Å². The van der Waals surface area contributed by atoms with Crippen molar-refractivity contribution in [1.82, 2.24) is 20.3 Å². The molecule has 2 aromatic heterocycles. The van der Waals surface area contributed by atoms with Crippen LogP contribution in [0, 0.1) is 5.41 Å². The van der Waals surface area contributed by atoms with Crippen LogP contribution in [0.4, 0.5) is 11.6 Å². The lowest BCUT2D eigenvalue weighted by Crippen LogP contribution is -2.51. The molecule has 6 rings (SSSR count). The van der Waals surface area contributed by atoms with Crippen LogP contribution >= 0.6 is 23.2 Å². The Balaban J connectivity index is 1.08. The van der Waals surface area contributed by atoms with Crippen molar-refractivity contribution in [3.8, 4) is 11.5 Å². The minimum Gasteiger partial charge on any atom is -0.497 e. The molecule has 246 valence electrons. The van der Waals surface area contributed by atoms with Gasteiger partial charge in [-0.15, -0.1) is 0 Å². The van der Waals surface area contributed by atoms with Gasteiger partial charge in [-0.1, -0.05) is 47.5 Å². The number of aromatic nitrogens is 3. The Labute approximate surface area is 284 Å². The van der Waals surface area contributed by atoms with Crippen molar-refractivity contribution in [2.45, 2.75) is 38.4 Å². The molecule has 2 N–H and O–H groups in total. The summed E-state index contributed by atoms with van der Waals surface area (Å²) in [5.41, 5.74) is 2.52. The van der Waals surface area contributed by atoms with Crippen LogP contribution in [0.2, 0.25) is 10.2 Å². The number of piperidine rings is 1. The lowest BCUT2D eigenvalue weighted by Gasteiger charge is -2.43. The number of carbonyl (C=O) groups excluding carboxylic acids is 1. The first-order chi connectivity index (χ1) is 22.8. The van der Waals surface area contributed by atoms with Gasteiger partial charge in [0.15, 0.2) is 5.15 Å². The minimum absolute atomic E-state index is 0.0293. The molecule has 4 heterocycles. The van der Waals surface area contributed by atoms with Gasteiger partial charge in [0.2, 0.25) is 5.78 Å². The first-order valence-corrected chi connectivity index (χ1v) is 16.4. The molecule has 0 aliphatic carbocycles. The van der Waals surface area contributed by atoms with Gasteiger partial charge >= 0.3 is 0 Å². The van der Waals surface area contributed by atoms with Crippen molar-refractivity contribution in [2.75, 3.05) is 50.7 Å². The van der Waals surface area contributed by atoms with Crippen LogP contribution in [0.3, 0.4) is 0 Å². The minimum atomic E-state index is -0.422. The average Bonchev–Trinajstić information content (AvgIpc) is 3.48. The third-order valence-electron chi connectivity index (χ3n) is 9.25. The molecule has 2 fully saturated rings. The van der Waals surface area contributed by atoms with Crippen molar-refractivity contribution >= 4 is 40.6 Å². The molecular formula is C35H38Cl2N6O4. The van der Waals surface area contributed by atoms with Gasteiger partial charge in [-0.3, -0.25) is 4.79 Å². The summed E-state index contributed by atoms with van der Waals surface area (Å²) in [6, 6.07) is 17.8. The lowest BCUT2D eigenvalue weighted by atomic mass is 9.74. The van der Waals surface area contributed by atoms with E-state index in [2.05, 4.69) is 49.5 Å². The van der Waals surface area contributed by atoms with Crippen LogP contribution in [-0.2, 0) is 11.3 Å². The third-order valence-corrected chi connectivity index (χ3v) is 9.89. The monoisotopic (exact) mass is 676 g/mol. The molecular weight excluding hydrogens is 639 g/mol. The maximum atomic E-state index is 13.5. The molecule has 2 aliphatic rings. The Bertz CT molecular complexity index is 1700. The molecule has 0 saturated carbocycles. The van der Waals surface area contributed by atoms with E-state index in [9.17, 15) is 4.79 Å². The summed E-state index contributed by atoms with van der Waals surface area (Å²) < 4.78 is 16.5. The second-order valence-electron chi connectivity index (χ2n) is 12.0. The van der Waals surface area contributed by atoms with Gasteiger partial charge in [-0.2, -0.15) is 0 Å². The van der Waals surface area contributed by atoms with Crippen LogP contribution in [0.15, 0.2) is 67.0 Å². The van der Waals surface area contributed by atoms with E-state index in [1.165, 1.54) is 11.8 Å². The van der Waals surface area contributed by atoms with Gasteiger partial charge in [-0.05, 0) is 61.2 Å². The van der Waals surface area contributed by atoms with E-state index < -0.39 is 5.78 Å². The van der Waals surface area contributed by atoms with Gasteiger partial charge in [0.25, 0.3) is 0 Å². The van der Waals surface area contributed by atoms with Crippen molar-refractivity contribution in [3.63, 3.8) is 0 Å². The summed E-state index contributed by atoms with van der Waals surface area (Å²) in [6.07, 6.45) is 5.00. The summed E-state index contributed by atoms with van der Waals surface area (Å²) in [4.78, 5) is 29.1. The molecule has 2 aromatic carbocycles. The fourth-order valence-electron chi connectivity index (χ4n) is 6.31. The maximum absolute atomic E-state index is 13.5. The molecule has 1 spiro atoms. The van der Waals surface area contributed by atoms with Crippen molar-refractivity contribution in [1.29, 1.82) is 0 Å². The van der Waals surface area contributed by atoms with Crippen LogP contribution in [0.1, 0.15) is 53.0 Å². The number of nitrogens with one attached hydrogen (secondary N) is 2. The quantitative estimate of drug-likeness (QED) is 0.174. The molecule has 0 radical (unpaired) electrons. The summed E-state index contributed by atoms with van der Waals surface area (Å²) >= 11 is 13.2. The van der Waals surface area contributed by atoms with E-state index in [0.717, 1.165) is 49.6 Å². The number of ketones is 1. The molecule has 4 aromatic rings. The number of carbonyl (C=O) groups is 1. The number of halogens is 2. The number of anilines is 2. The highest BCUT2D eigenvalue weighted by Crippen LogP contribution is 2.41. The Kier molecular flexibility index (Phi) is 10.1. The van der Waals surface area contributed by atoms with Crippen LogP contribution < -0.4 is 25.0 Å². The van der Waals surface area contributed by atoms with E-state index >= 15 is 0 Å². The SMILES string of the molecule is COc1ccc(CNc2nccc(C(=O)c3ncc(N4CCC5(CC4)COCC5N[C@H](C)c4ccc(OC)cc4)nc3Cl)c2Cl)cc1. The largest absolute Gasteiger partial charge is 0.497 e. The highest BCUT2D eigenvalue weighted by atomic mass is 35.5. The zero-order valence-corrected chi connectivity index (χ0v) is 28.1. The normalized spacial score (nSPS) is 17.8. The van der Waals surface area contributed by atoms with E-state index in [-0.39, 0.29) is 38.9 Å². The van der Waals surface area contributed by atoms with Gasteiger partial charge in [0.05, 0.1) is 38.7 Å². The number of hydrogen-bond acceptors (Lipinski definition) is 10. The topological polar surface area (TPSA) is 111 Å². The Morgan fingerprint density at radius 3 is 2.36 bits per heavy atom. The number of methoxy groups -OCH3 is 2. The second-order valence-corrected chi connectivity index (χ2v) is 12.7. The van der Waals surface area contributed by atoms with E-state index in [1.54, 1.807) is 26.5 Å². The predicted molar refractivity (Wildman–Crippen MR) is 183 cm³/mol. The maximum Gasteiger partial charge on any atom is 0.216 e. The van der Waals surface area contributed by atoms with Crippen molar-refractivity contribution in [3.05, 3.63) is 99.6 Å². The zero-order valence-electron chi connectivity index (χ0n) is 26.6. The Morgan fingerprint density at radius 2 is 1.70 bits per heavy atom. The highest BCUT2D eigenvalue weighted by Gasteiger charge is 2.46. The van der Waals surface area contributed by atoms with Crippen LogP contribution in [0.5, 0.6) is 11.5 Å². The van der Waals surface area contributed by atoms with Crippen LogP contribution in [0.25, 0.3) is 0 Å². The van der Waals surface area contributed by atoms with E-state index in [4.69, 9.17) is 37.4 Å². The van der Waals surface area contributed by atoms with Crippen molar-refractivity contribution < 1.29 is 19.0 Å². The fourth-order valence-corrected chi connectivity index (χ4v) is 6.79. The molecule has 2 atom stereocenters. The summed E-state index contributed by atoms with van der Waals surface area (Å²) in [5.74, 6) is 2.22. The molecule has 1 unspecified atom stereocenters. The fraction of sp³-hybridized carbons (Fsp3) is 0.371. The molecule has 2 saturated heterocycles. The smallest absolute Gasteiger partial charge is 0.216 e. The standard InChI is InChI=1S/C35H38Cl2N6O4/c1-22(24-6-10-26(46-3)11-7-24)41-28-20-47-21-35(28)13-16-43(17-14-35)29-19-39-31(33(37)42-29)32(44)27-12-15-38-34(30(27)36)40-18-23-4-8-25(45-2)9-5-23/h4-12,15,19,22,28,41H,13-14,16-18,20-21H2,1-3H3,(H,38,40)/t22-,28?/m1/s1. The van der Waals surface area contributed by atoms with Crippen LogP contribution in [-0.4, -0.2) is 67.3 Å². The Hall–Kier alpha value is -3.96. The third kappa shape index (κ3) is 7.16. The lowest BCUT2D eigenvalue weighted by molar-refractivity contribution is 0.103. The summed E-state index contributed by atoms with van der Waals surface area (Å²) in [5, 5.41) is 7.25. The number of hydrogen-bond donors (Lipinski definition) is 2. The molecule has 12 heteroatoms. The number of nitrogens with zero attached hydrogens (tertiary/aromatic N) is 4. The second kappa shape index (κ2) is 14.4. The van der Waals surface area contributed by atoms with Gasteiger partial charge in [0, 0.05) is 48.9 Å². The molecule has 47 heavy (non-hydrogen) atoms. The number of rotatable bonds is 11. The van der Waals surface area contributed by atoms with Crippen molar-refractivity contribution in [2.24, 2.45) is 5.41 Å². The average molecular weight is 678 g/mol.